The van der Waals surface area contributed by atoms with Crippen molar-refractivity contribution < 1.29 is 23.1 Å². The minimum atomic E-state index is -4.31. The molecule has 0 bridgehead atoms. The summed E-state index contributed by atoms with van der Waals surface area (Å²) >= 11 is 0. The van der Waals surface area contributed by atoms with Crippen LogP contribution in [-0.2, 0) is 10.2 Å². The highest BCUT2D eigenvalue weighted by atomic mass is 19.4. The summed E-state index contributed by atoms with van der Waals surface area (Å²) in [4.78, 5) is 10.8. The van der Waals surface area contributed by atoms with E-state index < -0.39 is 17.6 Å². The Morgan fingerprint density at radius 3 is 2.11 bits per heavy atom. The van der Waals surface area contributed by atoms with Crippen molar-refractivity contribution in [2.45, 2.75) is 37.8 Å². The van der Waals surface area contributed by atoms with Gasteiger partial charge in [-0.3, -0.25) is 4.79 Å². The summed E-state index contributed by atoms with van der Waals surface area (Å²) in [5.74, 6) is -1.29. The number of benzene rings is 1. The highest BCUT2D eigenvalue weighted by Gasteiger charge is 2.49. The van der Waals surface area contributed by atoms with E-state index in [1.807, 2.05) is 0 Å². The maximum absolute atomic E-state index is 12.9. The molecule has 0 saturated heterocycles. The molecule has 1 aliphatic rings. The second-order valence-corrected chi connectivity index (χ2v) is 5.53. The van der Waals surface area contributed by atoms with Gasteiger partial charge in [0.25, 0.3) is 0 Å². The van der Waals surface area contributed by atoms with Crippen LogP contribution in [0.15, 0.2) is 24.3 Å². The van der Waals surface area contributed by atoms with Crippen LogP contribution >= 0.6 is 0 Å². The Kier molecular flexibility index (Phi) is 3.11. The molecule has 0 aliphatic heterocycles. The van der Waals surface area contributed by atoms with Crippen LogP contribution in [0.5, 0.6) is 0 Å². The Morgan fingerprint density at radius 2 is 1.74 bits per heavy atom. The van der Waals surface area contributed by atoms with Gasteiger partial charge in [-0.1, -0.05) is 24.3 Å². The average molecular weight is 272 g/mol. The molecule has 1 fully saturated rings. The quantitative estimate of drug-likeness (QED) is 0.910. The third-order valence-corrected chi connectivity index (χ3v) is 3.88. The van der Waals surface area contributed by atoms with Crippen LogP contribution in [0.2, 0.25) is 0 Å². The zero-order valence-corrected chi connectivity index (χ0v) is 10.7. The average Bonchev–Trinajstić information content (AvgIpc) is 3.07. The molecule has 1 aromatic carbocycles. The summed E-state index contributed by atoms with van der Waals surface area (Å²) in [5, 5.41) is 8.83. The smallest absolute Gasteiger partial charge is 0.397 e. The van der Waals surface area contributed by atoms with Crippen LogP contribution in [0, 0.1) is 5.92 Å². The molecule has 5 heteroatoms. The van der Waals surface area contributed by atoms with E-state index in [4.69, 9.17) is 5.11 Å². The van der Waals surface area contributed by atoms with E-state index in [-0.39, 0.29) is 17.4 Å². The summed E-state index contributed by atoms with van der Waals surface area (Å²) in [6, 6.07) is 6.10. The highest BCUT2D eigenvalue weighted by molar-refractivity contribution is 5.75. The lowest BCUT2D eigenvalue weighted by Crippen LogP contribution is -2.36. The van der Waals surface area contributed by atoms with Gasteiger partial charge in [0.05, 0.1) is 11.3 Å². The van der Waals surface area contributed by atoms with E-state index in [1.165, 1.54) is 12.1 Å². The largest absolute Gasteiger partial charge is 0.481 e. The SMILES string of the molecule is CC(C)(c1ccc(C2CC2C(=O)O)cc1)C(F)(F)F. The molecule has 104 valence electrons. The number of carboxylic acids is 1. The maximum atomic E-state index is 12.9. The van der Waals surface area contributed by atoms with Crippen molar-refractivity contribution in [3.63, 3.8) is 0 Å². The molecular formula is C14H15F3O2. The number of hydrogen-bond donors (Lipinski definition) is 1. The molecule has 1 aliphatic carbocycles. The molecule has 0 heterocycles. The van der Waals surface area contributed by atoms with E-state index in [0.29, 0.717) is 6.42 Å². The predicted octanol–water partition coefficient (Wildman–Crippen LogP) is 3.71. The van der Waals surface area contributed by atoms with E-state index in [1.54, 1.807) is 12.1 Å². The van der Waals surface area contributed by atoms with E-state index >= 15 is 0 Å². The fourth-order valence-corrected chi connectivity index (χ4v) is 2.15. The number of rotatable bonds is 3. The molecule has 0 spiro atoms. The summed E-state index contributed by atoms with van der Waals surface area (Å²) in [6.45, 7) is 2.28. The van der Waals surface area contributed by atoms with Crippen LogP contribution in [0.1, 0.15) is 37.3 Å². The molecule has 1 saturated carbocycles. The summed E-state index contributed by atoms with van der Waals surface area (Å²) in [5.41, 5.74) is -0.910. The number of carboxylic acid groups (broad SMARTS) is 1. The second-order valence-electron chi connectivity index (χ2n) is 5.53. The topological polar surface area (TPSA) is 37.3 Å². The Morgan fingerprint density at radius 1 is 1.21 bits per heavy atom. The number of carbonyl (C=O) groups is 1. The van der Waals surface area contributed by atoms with Crippen molar-refractivity contribution in [1.82, 2.24) is 0 Å². The van der Waals surface area contributed by atoms with Gasteiger partial charge in [0, 0.05) is 0 Å². The number of halogens is 3. The molecule has 2 unspecified atom stereocenters. The third-order valence-electron chi connectivity index (χ3n) is 3.88. The first kappa shape index (κ1) is 13.9. The van der Waals surface area contributed by atoms with Crippen molar-refractivity contribution in [3.05, 3.63) is 35.4 Å². The molecule has 0 aromatic heterocycles. The van der Waals surface area contributed by atoms with Crippen molar-refractivity contribution in [3.8, 4) is 0 Å². The molecule has 19 heavy (non-hydrogen) atoms. The van der Waals surface area contributed by atoms with Crippen LogP contribution < -0.4 is 0 Å². The Bertz CT molecular complexity index is 488. The van der Waals surface area contributed by atoms with Gasteiger partial charge >= 0.3 is 12.1 Å². The first-order chi connectivity index (χ1) is 8.64. The Labute approximate surface area is 109 Å². The lowest BCUT2D eigenvalue weighted by molar-refractivity contribution is -0.180. The normalized spacial score (nSPS) is 23.2. The molecule has 0 radical (unpaired) electrons. The van der Waals surface area contributed by atoms with Crippen LogP contribution in [0.4, 0.5) is 13.2 Å². The molecule has 1 aromatic rings. The van der Waals surface area contributed by atoms with Gasteiger partial charge < -0.3 is 5.11 Å². The standard InChI is InChI=1S/C14H15F3O2/c1-13(2,14(15,16)17)9-5-3-8(4-6-9)10-7-11(10)12(18)19/h3-6,10-11H,7H2,1-2H3,(H,18,19). The first-order valence-electron chi connectivity index (χ1n) is 6.04. The summed E-state index contributed by atoms with van der Waals surface area (Å²) in [6.07, 6.45) is -3.74. The van der Waals surface area contributed by atoms with E-state index in [2.05, 4.69) is 0 Å². The van der Waals surface area contributed by atoms with Crippen LogP contribution in [0.3, 0.4) is 0 Å². The van der Waals surface area contributed by atoms with E-state index in [9.17, 15) is 18.0 Å². The van der Waals surface area contributed by atoms with Gasteiger partial charge in [-0.15, -0.1) is 0 Å². The highest BCUT2D eigenvalue weighted by Crippen LogP contribution is 2.48. The summed E-state index contributed by atoms with van der Waals surface area (Å²) < 4.78 is 38.6. The van der Waals surface area contributed by atoms with Crippen molar-refractivity contribution in [1.29, 1.82) is 0 Å². The van der Waals surface area contributed by atoms with Crippen LogP contribution in [-0.4, -0.2) is 17.3 Å². The fraction of sp³-hybridized carbons (Fsp3) is 0.500. The first-order valence-corrected chi connectivity index (χ1v) is 6.04. The van der Waals surface area contributed by atoms with Crippen molar-refractivity contribution in [2.24, 2.45) is 5.92 Å². The van der Waals surface area contributed by atoms with Crippen LogP contribution in [0.25, 0.3) is 0 Å². The monoisotopic (exact) mass is 272 g/mol. The van der Waals surface area contributed by atoms with Gasteiger partial charge in [0.15, 0.2) is 0 Å². The second kappa shape index (κ2) is 4.25. The molecular weight excluding hydrogens is 257 g/mol. The maximum Gasteiger partial charge on any atom is 0.397 e. The zero-order chi connectivity index (χ0) is 14.4. The molecule has 2 nitrogen and oxygen atoms in total. The number of hydrogen-bond acceptors (Lipinski definition) is 1. The van der Waals surface area contributed by atoms with Gasteiger partial charge in [0.2, 0.25) is 0 Å². The van der Waals surface area contributed by atoms with E-state index in [0.717, 1.165) is 19.4 Å². The molecule has 1 N–H and O–H groups in total. The Balaban J connectivity index is 2.18. The summed E-state index contributed by atoms with van der Waals surface area (Å²) in [7, 11) is 0. The fourth-order valence-electron chi connectivity index (χ4n) is 2.15. The predicted molar refractivity (Wildman–Crippen MR) is 64.0 cm³/mol. The number of alkyl halides is 3. The van der Waals surface area contributed by atoms with Gasteiger partial charge in [-0.2, -0.15) is 13.2 Å². The lowest BCUT2D eigenvalue weighted by atomic mass is 9.83. The molecule has 2 atom stereocenters. The van der Waals surface area contributed by atoms with Crippen molar-refractivity contribution >= 4 is 5.97 Å². The van der Waals surface area contributed by atoms with Gasteiger partial charge in [0.1, 0.15) is 0 Å². The minimum absolute atomic E-state index is 0.0550. The van der Waals surface area contributed by atoms with Gasteiger partial charge in [-0.05, 0) is 37.3 Å². The number of aliphatic carboxylic acids is 1. The minimum Gasteiger partial charge on any atom is -0.481 e. The lowest BCUT2D eigenvalue weighted by Gasteiger charge is -2.28. The van der Waals surface area contributed by atoms with Crippen molar-refractivity contribution in [2.75, 3.05) is 0 Å². The third kappa shape index (κ3) is 2.46. The Hall–Kier alpha value is -1.52. The molecule has 2 rings (SSSR count). The molecule has 0 amide bonds. The zero-order valence-electron chi connectivity index (χ0n) is 10.7. The van der Waals surface area contributed by atoms with Gasteiger partial charge in [-0.25, -0.2) is 0 Å².